The first-order valence-corrected chi connectivity index (χ1v) is 8.99. The Balaban J connectivity index is 2.01. The summed E-state index contributed by atoms with van der Waals surface area (Å²) in [6.45, 7) is 1.95. The van der Waals surface area contributed by atoms with Crippen LogP contribution in [0.4, 0.5) is 5.69 Å². The third kappa shape index (κ3) is 2.90. The van der Waals surface area contributed by atoms with Gasteiger partial charge in [-0.15, -0.1) is 11.3 Å². The maximum absolute atomic E-state index is 12.7. The van der Waals surface area contributed by atoms with Gasteiger partial charge in [0.2, 0.25) is 0 Å². The van der Waals surface area contributed by atoms with E-state index in [9.17, 15) is 8.42 Å². The lowest BCUT2D eigenvalue weighted by atomic mass is 10.2. The van der Waals surface area contributed by atoms with Crippen molar-refractivity contribution in [2.24, 2.45) is 7.05 Å². The van der Waals surface area contributed by atoms with E-state index in [4.69, 9.17) is 0 Å². The smallest absolute Gasteiger partial charge is 0.265 e. The summed E-state index contributed by atoms with van der Waals surface area (Å²) in [5.41, 5.74) is 2.08. The number of aromatic nitrogens is 2. The van der Waals surface area contributed by atoms with E-state index in [1.165, 1.54) is 22.2 Å². The minimum absolute atomic E-state index is 0.179. The van der Waals surface area contributed by atoms with Gasteiger partial charge in [0.15, 0.2) is 0 Å². The Labute approximate surface area is 133 Å². The molecule has 0 spiro atoms. The minimum atomic E-state index is -3.69. The number of rotatable bonds is 4. The third-order valence-corrected chi connectivity index (χ3v) is 5.40. The van der Waals surface area contributed by atoms with Crippen molar-refractivity contribution in [2.45, 2.75) is 11.8 Å². The largest absolute Gasteiger partial charge is 0.280 e. The molecule has 0 unspecified atom stereocenters. The van der Waals surface area contributed by atoms with Gasteiger partial charge < -0.3 is 0 Å². The van der Waals surface area contributed by atoms with Crippen LogP contribution in [0.3, 0.4) is 0 Å². The Morgan fingerprint density at radius 3 is 2.55 bits per heavy atom. The van der Waals surface area contributed by atoms with Crippen LogP contribution in [0.25, 0.3) is 10.6 Å². The van der Waals surface area contributed by atoms with Crippen LogP contribution < -0.4 is 4.72 Å². The summed E-state index contributed by atoms with van der Waals surface area (Å²) in [7, 11) is -1.98. The summed E-state index contributed by atoms with van der Waals surface area (Å²) >= 11 is 1.46. The zero-order valence-electron chi connectivity index (χ0n) is 12.1. The van der Waals surface area contributed by atoms with E-state index in [2.05, 4.69) is 9.82 Å². The number of aryl methyl sites for hydroxylation is 2. The molecule has 3 rings (SSSR count). The molecule has 114 valence electrons. The number of benzene rings is 1. The van der Waals surface area contributed by atoms with Crippen molar-refractivity contribution in [3.63, 3.8) is 0 Å². The van der Waals surface area contributed by atoms with Gasteiger partial charge in [0.25, 0.3) is 10.0 Å². The van der Waals surface area contributed by atoms with Gasteiger partial charge in [-0.1, -0.05) is 23.8 Å². The van der Waals surface area contributed by atoms with Crippen LogP contribution in [-0.4, -0.2) is 18.2 Å². The quantitative estimate of drug-likeness (QED) is 0.797. The molecular weight excluding hydrogens is 318 g/mol. The lowest BCUT2D eigenvalue weighted by Crippen LogP contribution is -2.13. The monoisotopic (exact) mass is 333 g/mol. The maximum Gasteiger partial charge on any atom is 0.265 e. The number of anilines is 1. The van der Waals surface area contributed by atoms with Crippen molar-refractivity contribution in [1.29, 1.82) is 0 Å². The molecule has 0 amide bonds. The first-order chi connectivity index (χ1) is 10.5. The molecule has 7 heteroatoms. The third-order valence-electron chi connectivity index (χ3n) is 3.14. The van der Waals surface area contributed by atoms with Crippen LogP contribution >= 0.6 is 11.3 Å². The number of thiophene rings is 1. The highest BCUT2D eigenvalue weighted by Crippen LogP contribution is 2.30. The van der Waals surface area contributed by atoms with Gasteiger partial charge >= 0.3 is 0 Å². The fourth-order valence-corrected chi connectivity index (χ4v) is 4.12. The Bertz CT molecular complexity index is 880. The molecule has 2 heterocycles. The van der Waals surface area contributed by atoms with Crippen LogP contribution in [0.1, 0.15) is 5.56 Å². The predicted molar refractivity (Wildman–Crippen MR) is 88.5 cm³/mol. The normalized spacial score (nSPS) is 11.5. The Kier molecular flexibility index (Phi) is 3.76. The summed E-state index contributed by atoms with van der Waals surface area (Å²) < 4.78 is 29.4. The number of sulfonamides is 1. The molecule has 0 saturated carbocycles. The molecular formula is C15H15N3O2S2. The zero-order valence-corrected chi connectivity index (χ0v) is 13.8. The molecule has 0 aliphatic rings. The van der Waals surface area contributed by atoms with E-state index in [1.807, 2.05) is 36.6 Å². The number of hydrogen-bond acceptors (Lipinski definition) is 4. The van der Waals surface area contributed by atoms with Gasteiger partial charge in [0.05, 0.1) is 4.88 Å². The van der Waals surface area contributed by atoms with Crippen molar-refractivity contribution in [3.05, 3.63) is 53.5 Å². The SMILES string of the molecule is Cc1ccc(NS(=O)(=O)c2cn(C)nc2-c2cccs2)cc1. The highest BCUT2D eigenvalue weighted by atomic mass is 32.2. The molecule has 0 fully saturated rings. The van der Waals surface area contributed by atoms with E-state index >= 15 is 0 Å². The molecule has 0 saturated heterocycles. The fourth-order valence-electron chi connectivity index (χ4n) is 2.08. The summed E-state index contributed by atoms with van der Waals surface area (Å²) in [4.78, 5) is 1.00. The Hall–Kier alpha value is -2.12. The first-order valence-electron chi connectivity index (χ1n) is 6.63. The van der Waals surface area contributed by atoms with Crippen LogP contribution in [0, 0.1) is 6.92 Å². The number of hydrogen-bond donors (Lipinski definition) is 1. The summed E-state index contributed by atoms with van der Waals surface area (Å²) in [5.74, 6) is 0. The Morgan fingerprint density at radius 1 is 1.18 bits per heavy atom. The molecule has 22 heavy (non-hydrogen) atoms. The molecule has 0 bridgehead atoms. The van der Waals surface area contributed by atoms with Gasteiger partial charge in [-0.2, -0.15) is 5.10 Å². The Morgan fingerprint density at radius 2 is 1.91 bits per heavy atom. The van der Waals surface area contributed by atoms with Crippen LogP contribution in [0.5, 0.6) is 0 Å². The highest BCUT2D eigenvalue weighted by molar-refractivity contribution is 7.92. The first kappa shape index (κ1) is 14.8. The van der Waals surface area contributed by atoms with Crippen molar-refractivity contribution in [1.82, 2.24) is 9.78 Å². The molecule has 0 radical (unpaired) electrons. The summed E-state index contributed by atoms with van der Waals surface area (Å²) in [6.07, 6.45) is 1.52. The topological polar surface area (TPSA) is 64.0 Å². The minimum Gasteiger partial charge on any atom is -0.280 e. The molecule has 3 aromatic rings. The van der Waals surface area contributed by atoms with Crippen molar-refractivity contribution in [3.8, 4) is 10.6 Å². The lowest BCUT2D eigenvalue weighted by Gasteiger charge is -2.07. The zero-order chi connectivity index (χ0) is 15.7. The van der Waals surface area contributed by atoms with E-state index in [0.717, 1.165) is 10.4 Å². The second kappa shape index (κ2) is 5.58. The molecule has 0 atom stereocenters. The predicted octanol–water partition coefficient (Wildman–Crippen LogP) is 3.26. The molecule has 0 aliphatic carbocycles. The van der Waals surface area contributed by atoms with Gasteiger partial charge in [-0.3, -0.25) is 9.40 Å². The van der Waals surface area contributed by atoms with Crippen LogP contribution in [0.2, 0.25) is 0 Å². The van der Waals surface area contributed by atoms with E-state index in [1.54, 1.807) is 19.2 Å². The van der Waals surface area contributed by atoms with Gasteiger partial charge in [-0.25, -0.2) is 8.42 Å². The average Bonchev–Trinajstić information content (AvgIpc) is 3.10. The highest BCUT2D eigenvalue weighted by Gasteiger charge is 2.23. The van der Waals surface area contributed by atoms with E-state index < -0.39 is 10.0 Å². The van der Waals surface area contributed by atoms with Crippen molar-refractivity contribution >= 4 is 27.0 Å². The molecule has 0 aliphatic heterocycles. The molecule has 5 nitrogen and oxygen atoms in total. The van der Waals surface area contributed by atoms with Gasteiger partial charge in [0, 0.05) is 18.9 Å². The second-order valence-electron chi connectivity index (χ2n) is 4.96. The van der Waals surface area contributed by atoms with E-state index in [-0.39, 0.29) is 4.90 Å². The summed E-state index contributed by atoms with van der Waals surface area (Å²) in [6, 6.07) is 10.9. The number of nitrogens with zero attached hydrogens (tertiary/aromatic N) is 2. The maximum atomic E-state index is 12.7. The van der Waals surface area contributed by atoms with Crippen molar-refractivity contribution in [2.75, 3.05) is 4.72 Å². The standard InChI is InChI=1S/C15H15N3O2S2/c1-11-5-7-12(8-6-11)17-22(19,20)14-10-18(2)16-15(14)13-4-3-9-21-13/h3-10,17H,1-2H3. The van der Waals surface area contributed by atoms with Crippen LogP contribution in [-0.2, 0) is 17.1 Å². The fraction of sp³-hybridized carbons (Fsp3) is 0.133. The van der Waals surface area contributed by atoms with Crippen LogP contribution in [0.15, 0.2) is 52.9 Å². The average molecular weight is 333 g/mol. The number of nitrogens with one attached hydrogen (secondary N) is 1. The second-order valence-corrected chi connectivity index (χ2v) is 7.56. The molecule has 1 N–H and O–H groups in total. The van der Waals surface area contributed by atoms with Crippen molar-refractivity contribution < 1.29 is 8.42 Å². The molecule has 2 aromatic heterocycles. The van der Waals surface area contributed by atoms with E-state index in [0.29, 0.717) is 11.4 Å². The lowest BCUT2D eigenvalue weighted by molar-refractivity contribution is 0.601. The van der Waals surface area contributed by atoms with Gasteiger partial charge in [0.1, 0.15) is 10.6 Å². The van der Waals surface area contributed by atoms with Gasteiger partial charge in [-0.05, 0) is 30.5 Å². The summed E-state index contributed by atoms with van der Waals surface area (Å²) in [5, 5.41) is 6.18. The molecule has 1 aromatic carbocycles.